The van der Waals surface area contributed by atoms with Gasteiger partial charge in [-0.25, -0.2) is 0 Å². The molecule has 73 valence electrons. The fourth-order valence-corrected chi connectivity index (χ4v) is 0. The maximum absolute atomic E-state index is 11.8. The van der Waals surface area contributed by atoms with Gasteiger partial charge in [-0.3, -0.25) is 0 Å². The molecule has 0 unspecified atom stereocenters. The van der Waals surface area contributed by atoms with E-state index in [-0.39, 0.29) is 51.4 Å². The van der Waals surface area contributed by atoms with Crippen LogP contribution in [0.25, 0.3) is 0 Å². The van der Waals surface area contributed by atoms with Crippen molar-refractivity contribution in [2.24, 2.45) is 0 Å². The third kappa shape index (κ3) is 149. The Morgan fingerprint density at radius 2 is 0.750 bits per heavy atom. The summed E-state index contributed by atoms with van der Waals surface area (Å²) in [6, 6.07) is 0. The summed E-state index contributed by atoms with van der Waals surface area (Å²) in [6.07, 6.45) is 0. The molecular weight excluding hydrogens is 428 g/mol. The van der Waals surface area contributed by atoms with Crippen LogP contribution in [0.3, 0.4) is 0 Å². The van der Waals surface area contributed by atoms with Crippen molar-refractivity contribution in [3.05, 3.63) is 0 Å². The Morgan fingerprint density at radius 3 is 0.750 bits per heavy atom. The molecule has 0 bridgehead atoms. The molecule has 0 aromatic heterocycles. The molecule has 0 rings (SSSR count). The number of hydrogen-bond donors (Lipinski definition) is 0. The predicted octanol–water partition coefficient (Wildman–Crippen LogP) is 0.401. The fraction of sp³-hybridized carbons (Fsp3) is 0. The molecule has 3 nitrogen and oxygen atoms in total. The average Bonchev–Trinajstić information content (AvgIpc) is 0.439. The molecule has 0 heterocycles. The fourth-order valence-electron chi connectivity index (χ4n) is 0. The summed E-state index contributed by atoms with van der Waals surface area (Å²) in [6.45, 7) is 0. The van der Waals surface area contributed by atoms with Crippen LogP contribution in [-0.4, -0.2) is 0 Å². The van der Waals surface area contributed by atoms with Crippen molar-refractivity contribution in [2.45, 2.75) is 0 Å². The molecule has 0 aliphatic rings. The van der Waals surface area contributed by atoms with Crippen molar-refractivity contribution in [2.75, 3.05) is 0 Å². The minimum atomic E-state index is -11.8. The van der Waals surface area contributed by atoms with Gasteiger partial charge in [0.15, 0.2) is 0 Å². The standard InChI is InChI=1S/7ClH.K.Nb.3O/h7*1H;;;;;/q;;;;;;;+1;+7;;;-1/p-7. The van der Waals surface area contributed by atoms with E-state index in [9.17, 15) is 10.1 Å². The van der Waals surface area contributed by atoms with Crippen molar-refractivity contribution >= 4 is 64.3 Å². The van der Waals surface area contributed by atoms with Gasteiger partial charge in [-0.15, -0.1) is 0 Å². The van der Waals surface area contributed by atoms with Crippen LogP contribution in [0.4, 0.5) is 0 Å². The predicted molar refractivity (Wildman–Crippen MR) is 42.3 cm³/mol. The van der Waals surface area contributed by atoms with Gasteiger partial charge in [-0.2, -0.15) is 0 Å². The van der Waals surface area contributed by atoms with E-state index in [2.05, 4.69) is 64.3 Å². The summed E-state index contributed by atoms with van der Waals surface area (Å²) in [7, 11) is 28.9. The topological polar surface area (TPSA) is 57.2 Å². The third-order valence-corrected chi connectivity index (χ3v) is 0. The first kappa shape index (κ1) is 18.3. The molecule has 0 saturated heterocycles. The van der Waals surface area contributed by atoms with Crippen LogP contribution in [0, 0.1) is 0 Å². The van der Waals surface area contributed by atoms with Gasteiger partial charge in [0.25, 0.3) is 0 Å². The summed E-state index contributed by atoms with van der Waals surface area (Å²) >= 11 is 0. The van der Waals surface area contributed by atoms with E-state index < -0.39 is 2.03 Å². The van der Waals surface area contributed by atoms with Gasteiger partial charge in [-0.1, -0.05) is 0 Å². The quantitative estimate of drug-likeness (QED) is 0.526. The Balaban J connectivity index is 0. The zero-order chi connectivity index (χ0) is 10.3. The van der Waals surface area contributed by atoms with Gasteiger partial charge < -0.3 is 0 Å². The first-order valence-corrected chi connectivity index (χ1v) is 24.2. The van der Waals surface area contributed by atoms with Gasteiger partial charge in [-0.05, 0) is 0 Å². The van der Waals surface area contributed by atoms with E-state index in [4.69, 9.17) is 0 Å². The molecular formula is Cl7KNbO3. The SMILES string of the molecule is [K+].[O]=[Nb](=[O])([O-])([Cl])([Cl])([Cl])([Cl])([Cl])([Cl])[Cl]. The normalized spacial score (nSPS) is 35.7. The second-order valence-electron chi connectivity index (χ2n) is 3.01. The molecule has 0 saturated carbocycles. The first-order chi connectivity index (χ1) is 3.16. The van der Waals surface area contributed by atoms with Crippen molar-refractivity contribution in [1.29, 1.82) is 0 Å². The number of rotatable bonds is 0. The van der Waals surface area contributed by atoms with Crippen molar-refractivity contribution in [3.8, 4) is 0 Å². The van der Waals surface area contributed by atoms with E-state index >= 15 is 0 Å². The van der Waals surface area contributed by atoms with Crippen LogP contribution in [0.5, 0.6) is 0 Å². The van der Waals surface area contributed by atoms with Crippen LogP contribution < -0.4 is 55.0 Å². The van der Waals surface area contributed by atoms with E-state index in [1.807, 2.05) is 0 Å². The van der Waals surface area contributed by atoms with Gasteiger partial charge in [0.2, 0.25) is 0 Å². The Kier molecular flexibility index (Phi) is 1.86. The van der Waals surface area contributed by atoms with Crippen LogP contribution in [0.2, 0.25) is 0 Å². The Bertz CT molecular complexity index is 512. The Labute approximate surface area is 124 Å². The van der Waals surface area contributed by atoms with Gasteiger partial charge in [0.1, 0.15) is 0 Å². The van der Waals surface area contributed by atoms with Crippen molar-refractivity contribution in [1.82, 2.24) is 0 Å². The molecule has 0 atom stereocenters. The van der Waals surface area contributed by atoms with E-state index in [0.717, 1.165) is 0 Å². The second-order valence-corrected chi connectivity index (χ2v) is 98.5. The molecule has 0 aliphatic carbocycles. The Hall–Kier alpha value is 3.97. The summed E-state index contributed by atoms with van der Waals surface area (Å²) in [5, 5.41) is 0. The third-order valence-electron chi connectivity index (χ3n) is 0. The van der Waals surface area contributed by atoms with Crippen LogP contribution in [0.1, 0.15) is 0 Å². The summed E-state index contributed by atoms with van der Waals surface area (Å²) < 4.78 is 21.0. The zero-order valence-electron chi connectivity index (χ0n) is 5.32. The number of halogens is 7. The monoisotopic (exact) mass is 425 g/mol. The molecule has 0 fully saturated rings. The number of hydrogen-bond acceptors (Lipinski definition) is 3. The molecule has 0 N–H and O–H groups in total. The Morgan fingerprint density at radius 1 is 0.750 bits per heavy atom. The first-order valence-electron chi connectivity index (χ1n) is 1.73. The second kappa shape index (κ2) is 1.22. The zero-order valence-corrected chi connectivity index (χ0v) is 15.9. The molecule has 12 heteroatoms. The van der Waals surface area contributed by atoms with Crippen molar-refractivity contribution < 1.29 is 63.5 Å². The van der Waals surface area contributed by atoms with Crippen molar-refractivity contribution in [3.63, 3.8) is 0 Å². The molecule has 0 amide bonds. The summed E-state index contributed by atoms with van der Waals surface area (Å²) in [4.78, 5) is 0. The molecule has 0 aromatic carbocycles. The maximum atomic E-state index is 11.0. The molecule has 0 aliphatic heterocycles. The van der Waals surface area contributed by atoms with E-state index in [1.165, 1.54) is 0 Å². The average molecular weight is 428 g/mol. The van der Waals surface area contributed by atoms with Gasteiger partial charge in [0.05, 0.1) is 0 Å². The molecule has 0 radical (unpaired) electrons. The molecule has 0 aromatic rings. The van der Waals surface area contributed by atoms with E-state index in [1.54, 1.807) is 0 Å². The van der Waals surface area contributed by atoms with Gasteiger partial charge >= 0.3 is 128 Å². The molecule has 0 spiro atoms. The van der Waals surface area contributed by atoms with Crippen LogP contribution in [-0.2, 0) is 8.53 Å². The van der Waals surface area contributed by atoms with Crippen LogP contribution in [0.15, 0.2) is 0 Å². The van der Waals surface area contributed by atoms with E-state index in [0.29, 0.717) is 0 Å². The minimum absolute atomic E-state index is 0. The van der Waals surface area contributed by atoms with Crippen LogP contribution >= 0.6 is 64.3 Å². The molecule has 12 heavy (non-hydrogen) atoms. The summed E-state index contributed by atoms with van der Waals surface area (Å²) in [5.41, 5.74) is 0. The summed E-state index contributed by atoms with van der Waals surface area (Å²) in [5.74, 6) is 0. The van der Waals surface area contributed by atoms with Gasteiger partial charge in [0, 0.05) is 0 Å².